The summed E-state index contributed by atoms with van der Waals surface area (Å²) in [6.07, 6.45) is 0.845. The molecule has 0 saturated heterocycles. The van der Waals surface area contributed by atoms with E-state index in [0.29, 0.717) is 28.4 Å². The van der Waals surface area contributed by atoms with Crippen LogP contribution in [0.25, 0.3) is 0 Å². The molecule has 0 heterocycles. The molecule has 2 N–H and O–H groups in total. The number of carbonyl (C=O) groups excluding carboxylic acids is 3. The fourth-order valence-corrected chi connectivity index (χ4v) is 2.34. The van der Waals surface area contributed by atoms with E-state index in [1.165, 1.54) is 25.3 Å². The zero-order valence-corrected chi connectivity index (χ0v) is 15.2. The number of esters is 1. The summed E-state index contributed by atoms with van der Waals surface area (Å²) >= 11 is 6.07. The van der Waals surface area contributed by atoms with Gasteiger partial charge in [0.2, 0.25) is 0 Å². The maximum absolute atomic E-state index is 12.4. The second-order valence-corrected chi connectivity index (χ2v) is 5.88. The van der Waals surface area contributed by atoms with Crippen molar-refractivity contribution in [3.63, 3.8) is 0 Å². The summed E-state index contributed by atoms with van der Waals surface area (Å²) in [6, 6.07) is 10.7. The lowest BCUT2D eigenvalue weighted by Gasteiger charge is -2.09. The van der Waals surface area contributed by atoms with E-state index in [1.54, 1.807) is 24.3 Å². The molecule has 136 valence electrons. The number of carbonyl (C=O) groups is 3. The topological polar surface area (TPSA) is 84.5 Å². The van der Waals surface area contributed by atoms with E-state index in [0.717, 1.165) is 6.42 Å². The van der Waals surface area contributed by atoms with Crippen LogP contribution in [0, 0.1) is 0 Å². The van der Waals surface area contributed by atoms with Gasteiger partial charge in [0, 0.05) is 17.7 Å². The molecular formula is C19H19ClN2O4. The number of methoxy groups -OCH3 is 1. The molecule has 0 radical (unpaired) electrons. The highest BCUT2D eigenvalue weighted by Crippen LogP contribution is 2.24. The Bertz CT molecular complexity index is 819. The van der Waals surface area contributed by atoms with Crippen molar-refractivity contribution < 1.29 is 19.1 Å². The van der Waals surface area contributed by atoms with E-state index in [9.17, 15) is 14.4 Å². The van der Waals surface area contributed by atoms with Crippen molar-refractivity contribution in [3.05, 3.63) is 64.2 Å². The van der Waals surface area contributed by atoms with E-state index in [-0.39, 0.29) is 11.5 Å². The Morgan fingerprint density at radius 2 is 1.54 bits per heavy atom. The van der Waals surface area contributed by atoms with Crippen LogP contribution in [0.1, 0.15) is 44.4 Å². The molecule has 0 atom stereocenters. The zero-order chi connectivity index (χ0) is 19.1. The average Bonchev–Trinajstić information content (AvgIpc) is 2.67. The summed E-state index contributed by atoms with van der Waals surface area (Å²) < 4.78 is 4.65. The minimum Gasteiger partial charge on any atom is -0.465 e. The molecule has 0 spiro atoms. The van der Waals surface area contributed by atoms with Crippen LogP contribution in [0.2, 0.25) is 5.02 Å². The van der Waals surface area contributed by atoms with E-state index in [2.05, 4.69) is 15.4 Å². The van der Waals surface area contributed by atoms with Crippen LogP contribution in [0.15, 0.2) is 42.5 Å². The monoisotopic (exact) mass is 374 g/mol. The maximum atomic E-state index is 12.4. The van der Waals surface area contributed by atoms with Crippen LogP contribution in [0.3, 0.4) is 0 Å². The van der Waals surface area contributed by atoms with Crippen LogP contribution >= 0.6 is 11.6 Å². The first-order chi connectivity index (χ1) is 12.5. The van der Waals surface area contributed by atoms with Gasteiger partial charge in [-0.1, -0.05) is 18.5 Å². The Morgan fingerprint density at radius 3 is 2.12 bits per heavy atom. The van der Waals surface area contributed by atoms with E-state index in [1.807, 2.05) is 6.92 Å². The smallest absolute Gasteiger partial charge is 0.337 e. The molecule has 0 aromatic heterocycles. The molecule has 0 saturated carbocycles. The Labute approximate surface area is 156 Å². The molecule has 0 aliphatic carbocycles. The minimum atomic E-state index is -0.528. The number of benzene rings is 2. The van der Waals surface area contributed by atoms with Gasteiger partial charge in [-0.2, -0.15) is 0 Å². The van der Waals surface area contributed by atoms with Crippen molar-refractivity contribution in [2.45, 2.75) is 13.3 Å². The number of anilines is 1. The molecule has 26 heavy (non-hydrogen) atoms. The predicted octanol–water partition coefficient (Wildman–Crippen LogP) is 3.52. The van der Waals surface area contributed by atoms with Gasteiger partial charge in [-0.3, -0.25) is 9.59 Å². The normalized spacial score (nSPS) is 10.1. The summed E-state index contributed by atoms with van der Waals surface area (Å²) in [5, 5.41) is 5.71. The minimum absolute atomic E-state index is 0.187. The molecule has 6 nitrogen and oxygen atoms in total. The van der Waals surface area contributed by atoms with Gasteiger partial charge in [0.25, 0.3) is 11.8 Å². The summed E-state index contributed by atoms with van der Waals surface area (Å²) in [5.74, 6) is -1.12. The van der Waals surface area contributed by atoms with Gasteiger partial charge in [0.15, 0.2) is 0 Å². The third kappa shape index (κ3) is 4.83. The molecular weight excluding hydrogens is 356 g/mol. The van der Waals surface area contributed by atoms with Gasteiger partial charge >= 0.3 is 5.97 Å². The van der Waals surface area contributed by atoms with Crippen molar-refractivity contribution >= 4 is 35.1 Å². The summed E-state index contributed by atoms with van der Waals surface area (Å²) in [7, 11) is 1.27. The number of nitrogens with one attached hydrogen (secondary N) is 2. The van der Waals surface area contributed by atoms with Gasteiger partial charge in [-0.15, -0.1) is 0 Å². The quantitative estimate of drug-likeness (QED) is 0.757. The fraction of sp³-hybridized carbons (Fsp3) is 0.211. The molecule has 0 bridgehead atoms. The van der Waals surface area contributed by atoms with E-state index < -0.39 is 11.9 Å². The lowest BCUT2D eigenvalue weighted by atomic mass is 10.1. The van der Waals surface area contributed by atoms with Gasteiger partial charge < -0.3 is 15.4 Å². The molecule has 0 aliphatic rings. The fourth-order valence-electron chi connectivity index (χ4n) is 2.17. The standard InChI is InChI=1S/C19H19ClN2O4/c1-3-10-21-17(23)12-4-6-13(7-5-12)18(24)22-16-11-14(19(25)26-2)8-9-15(16)20/h4-9,11H,3,10H2,1-2H3,(H,21,23)(H,22,24). The van der Waals surface area contributed by atoms with Crippen molar-refractivity contribution in [2.24, 2.45) is 0 Å². The summed E-state index contributed by atoms with van der Waals surface area (Å²) in [6.45, 7) is 2.56. The summed E-state index contributed by atoms with van der Waals surface area (Å²) in [4.78, 5) is 35.9. The molecule has 7 heteroatoms. The molecule has 2 rings (SSSR count). The first-order valence-electron chi connectivity index (χ1n) is 8.03. The zero-order valence-electron chi connectivity index (χ0n) is 14.5. The van der Waals surface area contributed by atoms with Crippen molar-refractivity contribution in [1.29, 1.82) is 0 Å². The van der Waals surface area contributed by atoms with Gasteiger partial charge in [-0.25, -0.2) is 4.79 Å². The predicted molar refractivity (Wildman–Crippen MR) is 99.8 cm³/mol. The van der Waals surface area contributed by atoms with Crippen LogP contribution in [-0.4, -0.2) is 31.4 Å². The van der Waals surface area contributed by atoms with Crippen LogP contribution in [-0.2, 0) is 4.74 Å². The van der Waals surface area contributed by atoms with Crippen LogP contribution in [0.4, 0.5) is 5.69 Å². The average molecular weight is 375 g/mol. The highest BCUT2D eigenvalue weighted by Gasteiger charge is 2.13. The number of hydrogen-bond acceptors (Lipinski definition) is 4. The second-order valence-electron chi connectivity index (χ2n) is 5.47. The highest BCUT2D eigenvalue weighted by molar-refractivity contribution is 6.34. The van der Waals surface area contributed by atoms with Gasteiger partial charge in [0.1, 0.15) is 0 Å². The molecule has 2 aromatic rings. The molecule has 0 unspecified atom stereocenters. The molecule has 2 amide bonds. The number of ether oxygens (including phenoxy) is 1. The Morgan fingerprint density at radius 1 is 0.962 bits per heavy atom. The van der Waals surface area contributed by atoms with Crippen LogP contribution < -0.4 is 10.6 Å². The maximum Gasteiger partial charge on any atom is 0.337 e. The number of rotatable bonds is 6. The first kappa shape index (κ1) is 19.5. The Kier molecular flexibility index (Phi) is 6.74. The lowest BCUT2D eigenvalue weighted by molar-refractivity contribution is 0.0600. The lowest BCUT2D eigenvalue weighted by Crippen LogP contribution is -2.24. The van der Waals surface area contributed by atoms with E-state index >= 15 is 0 Å². The van der Waals surface area contributed by atoms with Crippen LogP contribution in [0.5, 0.6) is 0 Å². The SMILES string of the molecule is CCCNC(=O)c1ccc(C(=O)Nc2cc(C(=O)OC)ccc2Cl)cc1. The molecule has 2 aromatic carbocycles. The first-order valence-corrected chi connectivity index (χ1v) is 8.41. The Balaban J connectivity index is 2.13. The molecule has 0 aliphatic heterocycles. The third-order valence-corrected chi connectivity index (χ3v) is 3.91. The largest absolute Gasteiger partial charge is 0.465 e. The van der Waals surface area contributed by atoms with Crippen molar-refractivity contribution in [3.8, 4) is 0 Å². The van der Waals surface area contributed by atoms with Gasteiger partial charge in [0.05, 0.1) is 23.4 Å². The summed E-state index contributed by atoms with van der Waals surface area (Å²) in [5.41, 5.74) is 1.40. The third-order valence-electron chi connectivity index (χ3n) is 3.58. The molecule has 0 fully saturated rings. The number of halogens is 1. The highest BCUT2D eigenvalue weighted by atomic mass is 35.5. The Hall–Kier alpha value is -2.86. The van der Waals surface area contributed by atoms with E-state index in [4.69, 9.17) is 11.6 Å². The van der Waals surface area contributed by atoms with Crippen molar-refractivity contribution in [1.82, 2.24) is 5.32 Å². The number of amides is 2. The number of hydrogen-bond donors (Lipinski definition) is 2. The second kappa shape index (κ2) is 9.01. The van der Waals surface area contributed by atoms with Crippen molar-refractivity contribution in [2.75, 3.05) is 19.0 Å². The van der Waals surface area contributed by atoms with Gasteiger partial charge in [-0.05, 0) is 48.9 Å².